The molecule has 0 aliphatic heterocycles. The van der Waals surface area contributed by atoms with E-state index in [1.54, 1.807) is 25.4 Å². The first kappa shape index (κ1) is 10.1. The third-order valence-corrected chi connectivity index (χ3v) is 2.66. The first-order chi connectivity index (χ1) is 7.15. The largest absolute Gasteiger partial charge is 0.496 e. The molecule has 4 heteroatoms. The summed E-state index contributed by atoms with van der Waals surface area (Å²) in [6.45, 7) is 1.52. The molecule has 0 saturated carbocycles. The van der Waals surface area contributed by atoms with E-state index in [2.05, 4.69) is 4.98 Å². The van der Waals surface area contributed by atoms with Crippen LogP contribution in [0.1, 0.15) is 17.3 Å². The molecule has 1 aromatic carbocycles. The van der Waals surface area contributed by atoms with Crippen LogP contribution in [-0.4, -0.2) is 17.9 Å². The number of carbonyl (C=O) groups excluding carboxylic acids is 1. The van der Waals surface area contributed by atoms with Gasteiger partial charge in [-0.15, -0.1) is 0 Å². The third-order valence-electron chi connectivity index (χ3n) is 2.35. The molecule has 0 fully saturated rings. The molecule has 78 valence electrons. The van der Waals surface area contributed by atoms with E-state index in [9.17, 15) is 4.79 Å². The van der Waals surface area contributed by atoms with E-state index in [0.717, 1.165) is 10.9 Å². The number of Topliss-reactive ketones (excluding diaryl/α,β-unsaturated/α-hetero) is 1. The van der Waals surface area contributed by atoms with Crippen molar-refractivity contribution in [2.75, 3.05) is 7.11 Å². The molecule has 15 heavy (non-hydrogen) atoms. The number of nitrogens with one attached hydrogen (secondary N) is 1. The van der Waals surface area contributed by atoms with Crippen LogP contribution < -0.4 is 4.74 Å². The Morgan fingerprint density at radius 3 is 2.80 bits per heavy atom. The van der Waals surface area contributed by atoms with E-state index in [0.29, 0.717) is 16.3 Å². The number of carbonyl (C=O) groups is 1. The number of benzene rings is 1. The number of aromatic nitrogens is 1. The molecule has 0 unspecified atom stereocenters. The fourth-order valence-electron chi connectivity index (χ4n) is 1.63. The Labute approximate surface area is 92.0 Å². The van der Waals surface area contributed by atoms with Gasteiger partial charge in [-0.05, 0) is 19.1 Å². The second kappa shape index (κ2) is 3.59. The lowest BCUT2D eigenvalue weighted by Crippen LogP contribution is -1.91. The van der Waals surface area contributed by atoms with Gasteiger partial charge < -0.3 is 9.72 Å². The van der Waals surface area contributed by atoms with Crippen LogP contribution in [0.3, 0.4) is 0 Å². The average Bonchev–Trinajstić information content (AvgIpc) is 2.64. The zero-order chi connectivity index (χ0) is 11.0. The van der Waals surface area contributed by atoms with Gasteiger partial charge >= 0.3 is 0 Å². The lowest BCUT2D eigenvalue weighted by Gasteiger charge is -2.04. The van der Waals surface area contributed by atoms with Gasteiger partial charge in [0.15, 0.2) is 5.78 Å². The molecule has 0 spiro atoms. The molecular formula is C11H10ClNO2. The van der Waals surface area contributed by atoms with Crippen molar-refractivity contribution in [3.05, 3.63) is 28.9 Å². The highest BCUT2D eigenvalue weighted by atomic mass is 35.5. The summed E-state index contributed by atoms with van der Waals surface area (Å²) in [7, 11) is 1.57. The minimum Gasteiger partial charge on any atom is -0.496 e. The molecule has 0 saturated heterocycles. The number of methoxy groups -OCH3 is 1. The second-order valence-corrected chi connectivity index (χ2v) is 3.67. The van der Waals surface area contributed by atoms with Gasteiger partial charge in [-0.2, -0.15) is 0 Å². The van der Waals surface area contributed by atoms with Gasteiger partial charge in [0, 0.05) is 11.8 Å². The summed E-state index contributed by atoms with van der Waals surface area (Å²) in [4.78, 5) is 14.4. The SMILES string of the molecule is COc1ccc(Cl)c2[nH]cc(C(C)=O)c12. The second-order valence-electron chi connectivity index (χ2n) is 3.26. The minimum atomic E-state index is -0.0122. The standard InChI is InChI=1S/C11H10ClNO2/c1-6(14)7-5-13-11-8(12)3-4-9(15-2)10(7)11/h3-5,13H,1-2H3. The van der Waals surface area contributed by atoms with Crippen LogP contribution in [0.5, 0.6) is 5.75 Å². The highest BCUT2D eigenvalue weighted by molar-refractivity contribution is 6.36. The molecule has 0 aliphatic rings. The van der Waals surface area contributed by atoms with Crippen molar-refractivity contribution in [1.82, 2.24) is 4.98 Å². The van der Waals surface area contributed by atoms with E-state index in [-0.39, 0.29) is 5.78 Å². The predicted octanol–water partition coefficient (Wildman–Crippen LogP) is 3.03. The van der Waals surface area contributed by atoms with Gasteiger partial charge in [0.2, 0.25) is 0 Å². The number of hydrogen-bond acceptors (Lipinski definition) is 2. The Hall–Kier alpha value is -1.48. The molecule has 1 N–H and O–H groups in total. The maximum atomic E-state index is 11.4. The number of H-pyrrole nitrogens is 1. The first-order valence-electron chi connectivity index (χ1n) is 4.49. The normalized spacial score (nSPS) is 10.6. The van der Waals surface area contributed by atoms with Crippen LogP contribution in [0, 0.1) is 0 Å². The summed E-state index contributed by atoms with van der Waals surface area (Å²) in [5, 5.41) is 1.33. The topological polar surface area (TPSA) is 42.1 Å². The molecule has 1 aromatic heterocycles. The smallest absolute Gasteiger partial charge is 0.162 e. The monoisotopic (exact) mass is 223 g/mol. The Morgan fingerprint density at radius 1 is 1.47 bits per heavy atom. The van der Waals surface area contributed by atoms with Crippen LogP contribution in [0.25, 0.3) is 10.9 Å². The van der Waals surface area contributed by atoms with Crippen molar-refractivity contribution in [3.63, 3.8) is 0 Å². The number of fused-ring (bicyclic) bond motifs is 1. The van der Waals surface area contributed by atoms with Gasteiger partial charge in [0.05, 0.1) is 23.0 Å². The number of hydrogen-bond donors (Lipinski definition) is 1. The fraction of sp³-hybridized carbons (Fsp3) is 0.182. The summed E-state index contributed by atoms with van der Waals surface area (Å²) in [6, 6.07) is 3.49. The van der Waals surface area contributed by atoms with E-state index < -0.39 is 0 Å². The van der Waals surface area contributed by atoms with E-state index in [1.165, 1.54) is 6.92 Å². The summed E-state index contributed by atoms with van der Waals surface area (Å²) in [5.41, 5.74) is 1.34. The number of rotatable bonds is 2. The maximum Gasteiger partial charge on any atom is 0.162 e. The lowest BCUT2D eigenvalue weighted by molar-refractivity contribution is 0.101. The summed E-state index contributed by atoms with van der Waals surface area (Å²) < 4.78 is 5.20. The Balaban J connectivity index is 2.86. The Kier molecular flexibility index (Phi) is 2.40. The number of ether oxygens (including phenoxy) is 1. The Bertz CT molecular complexity index is 531. The van der Waals surface area contributed by atoms with E-state index >= 15 is 0 Å². The van der Waals surface area contributed by atoms with Gasteiger partial charge in [-0.3, -0.25) is 4.79 Å². The van der Waals surface area contributed by atoms with Gasteiger partial charge in [-0.25, -0.2) is 0 Å². The zero-order valence-electron chi connectivity index (χ0n) is 8.43. The summed E-state index contributed by atoms with van der Waals surface area (Å²) >= 11 is 6.01. The first-order valence-corrected chi connectivity index (χ1v) is 4.87. The van der Waals surface area contributed by atoms with Crippen molar-refractivity contribution in [2.45, 2.75) is 6.92 Å². The number of halogens is 1. The average molecular weight is 224 g/mol. The molecule has 0 aliphatic carbocycles. The van der Waals surface area contributed by atoms with Crippen LogP contribution >= 0.6 is 11.6 Å². The van der Waals surface area contributed by atoms with Crippen LogP contribution in [-0.2, 0) is 0 Å². The number of ketones is 1. The third kappa shape index (κ3) is 1.49. The molecule has 2 aromatic rings. The molecular weight excluding hydrogens is 214 g/mol. The van der Waals surface area contributed by atoms with Crippen molar-refractivity contribution in [2.24, 2.45) is 0 Å². The van der Waals surface area contributed by atoms with Gasteiger partial charge in [0.1, 0.15) is 5.75 Å². The lowest BCUT2D eigenvalue weighted by atomic mass is 10.1. The van der Waals surface area contributed by atoms with Crippen LogP contribution in [0.15, 0.2) is 18.3 Å². The van der Waals surface area contributed by atoms with Crippen molar-refractivity contribution in [3.8, 4) is 5.75 Å². The van der Waals surface area contributed by atoms with E-state index in [1.807, 2.05) is 0 Å². The number of aromatic amines is 1. The predicted molar refractivity (Wildman–Crippen MR) is 59.9 cm³/mol. The van der Waals surface area contributed by atoms with E-state index in [4.69, 9.17) is 16.3 Å². The highest BCUT2D eigenvalue weighted by Crippen LogP contribution is 2.33. The molecule has 1 heterocycles. The molecule has 0 bridgehead atoms. The molecule has 0 radical (unpaired) electrons. The van der Waals surface area contributed by atoms with Crippen molar-refractivity contribution >= 4 is 28.3 Å². The quantitative estimate of drug-likeness (QED) is 0.796. The molecule has 3 nitrogen and oxygen atoms in total. The van der Waals surface area contributed by atoms with Gasteiger partial charge in [-0.1, -0.05) is 11.6 Å². The highest BCUT2D eigenvalue weighted by Gasteiger charge is 2.14. The Morgan fingerprint density at radius 2 is 2.20 bits per heavy atom. The summed E-state index contributed by atoms with van der Waals surface area (Å²) in [5.74, 6) is 0.641. The molecule has 0 amide bonds. The maximum absolute atomic E-state index is 11.4. The summed E-state index contributed by atoms with van der Waals surface area (Å²) in [6.07, 6.45) is 1.65. The minimum absolute atomic E-state index is 0.0122. The fourth-order valence-corrected chi connectivity index (χ4v) is 1.84. The van der Waals surface area contributed by atoms with Crippen molar-refractivity contribution in [1.29, 1.82) is 0 Å². The van der Waals surface area contributed by atoms with Crippen molar-refractivity contribution < 1.29 is 9.53 Å². The molecule has 0 atom stereocenters. The van der Waals surface area contributed by atoms with Crippen LogP contribution in [0.4, 0.5) is 0 Å². The van der Waals surface area contributed by atoms with Gasteiger partial charge in [0.25, 0.3) is 0 Å². The van der Waals surface area contributed by atoms with Crippen LogP contribution in [0.2, 0.25) is 5.02 Å². The zero-order valence-corrected chi connectivity index (χ0v) is 9.18. The molecule has 2 rings (SSSR count).